The van der Waals surface area contributed by atoms with Gasteiger partial charge in [0, 0.05) is 12.1 Å². The summed E-state index contributed by atoms with van der Waals surface area (Å²) in [5.41, 5.74) is 6.55. The predicted octanol–water partition coefficient (Wildman–Crippen LogP) is 1.11. The maximum Gasteiger partial charge on any atom is 0.163 e. The van der Waals surface area contributed by atoms with E-state index in [0.717, 1.165) is 5.56 Å². The molecule has 0 spiro atoms. The summed E-state index contributed by atoms with van der Waals surface area (Å²) in [6.07, 6.45) is 1.57. The standard InChI is InChI=1S/C12H15N3O3/c1-16-10-5-9(6-11(7-10)17-2)8-18-15-12(13)3-4-14-15/h3-7H,8,13H2,1-2H3. The Balaban J connectivity index is 2.11. The lowest BCUT2D eigenvalue weighted by Gasteiger charge is -2.10. The van der Waals surface area contributed by atoms with Gasteiger partial charge in [-0.05, 0) is 17.7 Å². The van der Waals surface area contributed by atoms with E-state index in [1.807, 2.05) is 12.1 Å². The van der Waals surface area contributed by atoms with Crippen molar-refractivity contribution < 1.29 is 14.3 Å². The second-order valence-corrected chi connectivity index (χ2v) is 3.62. The summed E-state index contributed by atoms with van der Waals surface area (Å²) in [6, 6.07) is 7.18. The van der Waals surface area contributed by atoms with E-state index < -0.39 is 0 Å². The van der Waals surface area contributed by atoms with Gasteiger partial charge in [0.2, 0.25) is 0 Å². The molecule has 0 aliphatic carbocycles. The van der Waals surface area contributed by atoms with E-state index in [0.29, 0.717) is 23.9 Å². The van der Waals surface area contributed by atoms with E-state index in [1.54, 1.807) is 32.5 Å². The maximum absolute atomic E-state index is 5.64. The molecule has 0 aliphatic heterocycles. The molecule has 0 bridgehead atoms. The lowest BCUT2D eigenvalue weighted by molar-refractivity contribution is 0.0746. The first kappa shape index (κ1) is 12.1. The highest BCUT2D eigenvalue weighted by Gasteiger charge is 2.04. The van der Waals surface area contributed by atoms with Gasteiger partial charge in [-0.1, -0.05) is 4.85 Å². The maximum atomic E-state index is 5.64. The minimum atomic E-state index is 0.319. The molecular formula is C12H15N3O3. The molecule has 0 saturated heterocycles. The van der Waals surface area contributed by atoms with Crippen LogP contribution in [-0.4, -0.2) is 24.2 Å². The fourth-order valence-electron chi connectivity index (χ4n) is 1.49. The number of hydrogen-bond acceptors (Lipinski definition) is 5. The number of rotatable bonds is 5. The summed E-state index contributed by atoms with van der Waals surface area (Å²) >= 11 is 0. The summed E-state index contributed by atoms with van der Waals surface area (Å²) in [6.45, 7) is 0.319. The molecule has 2 aromatic rings. The van der Waals surface area contributed by atoms with E-state index >= 15 is 0 Å². The molecular weight excluding hydrogens is 234 g/mol. The fraction of sp³-hybridized carbons (Fsp3) is 0.250. The molecule has 0 aliphatic rings. The fourth-order valence-corrected chi connectivity index (χ4v) is 1.49. The highest BCUT2D eigenvalue weighted by molar-refractivity contribution is 5.38. The molecule has 0 radical (unpaired) electrons. The third kappa shape index (κ3) is 2.65. The molecule has 2 N–H and O–H groups in total. The molecule has 96 valence electrons. The van der Waals surface area contributed by atoms with E-state index in [-0.39, 0.29) is 0 Å². The van der Waals surface area contributed by atoms with Gasteiger partial charge in [0.1, 0.15) is 18.1 Å². The van der Waals surface area contributed by atoms with Crippen LogP contribution in [0.15, 0.2) is 30.5 Å². The minimum absolute atomic E-state index is 0.319. The van der Waals surface area contributed by atoms with Crippen molar-refractivity contribution in [3.05, 3.63) is 36.0 Å². The van der Waals surface area contributed by atoms with Crippen LogP contribution in [0.1, 0.15) is 5.56 Å². The van der Waals surface area contributed by atoms with Crippen LogP contribution in [0, 0.1) is 0 Å². The molecule has 1 aromatic heterocycles. The highest BCUT2D eigenvalue weighted by Crippen LogP contribution is 2.22. The van der Waals surface area contributed by atoms with Crippen molar-refractivity contribution in [3.8, 4) is 11.5 Å². The average molecular weight is 249 g/mol. The highest BCUT2D eigenvalue weighted by atomic mass is 16.7. The lowest BCUT2D eigenvalue weighted by Crippen LogP contribution is -2.15. The SMILES string of the molecule is COc1cc(COn2nccc2N)cc(OC)c1. The monoisotopic (exact) mass is 249 g/mol. The Morgan fingerprint density at radius 2 is 1.83 bits per heavy atom. The first-order valence-electron chi connectivity index (χ1n) is 5.37. The Morgan fingerprint density at radius 1 is 1.17 bits per heavy atom. The van der Waals surface area contributed by atoms with Crippen molar-refractivity contribution in [1.29, 1.82) is 0 Å². The number of nitrogens with zero attached hydrogens (tertiary/aromatic N) is 2. The largest absolute Gasteiger partial charge is 0.497 e. The lowest BCUT2D eigenvalue weighted by atomic mass is 10.2. The number of ether oxygens (including phenoxy) is 2. The quantitative estimate of drug-likeness (QED) is 0.859. The number of nitrogens with two attached hydrogens (primary N) is 1. The second-order valence-electron chi connectivity index (χ2n) is 3.62. The van der Waals surface area contributed by atoms with E-state index in [4.69, 9.17) is 20.0 Å². The normalized spacial score (nSPS) is 10.1. The molecule has 1 aromatic carbocycles. The van der Waals surface area contributed by atoms with Crippen molar-refractivity contribution in [2.75, 3.05) is 20.0 Å². The summed E-state index contributed by atoms with van der Waals surface area (Å²) < 4.78 is 10.4. The van der Waals surface area contributed by atoms with Gasteiger partial charge in [0.05, 0.1) is 20.4 Å². The number of anilines is 1. The van der Waals surface area contributed by atoms with Gasteiger partial charge in [0.15, 0.2) is 5.82 Å². The molecule has 6 nitrogen and oxygen atoms in total. The predicted molar refractivity (Wildman–Crippen MR) is 66.5 cm³/mol. The van der Waals surface area contributed by atoms with Crippen molar-refractivity contribution in [2.45, 2.75) is 6.61 Å². The van der Waals surface area contributed by atoms with Gasteiger partial charge in [0.25, 0.3) is 0 Å². The number of nitrogen functional groups attached to an aromatic ring is 1. The summed E-state index contributed by atoms with van der Waals surface area (Å²) in [5, 5.41) is 3.92. The number of hydrogen-bond donors (Lipinski definition) is 1. The summed E-state index contributed by atoms with van der Waals surface area (Å²) in [5.74, 6) is 1.87. The van der Waals surface area contributed by atoms with Crippen molar-refractivity contribution >= 4 is 5.82 Å². The molecule has 0 amide bonds. The van der Waals surface area contributed by atoms with Crippen LogP contribution in [0.4, 0.5) is 5.82 Å². The summed E-state index contributed by atoms with van der Waals surface area (Å²) in [7, 11) is 3.20. The molecule has 6 heteroatoms. The third-order valence-electron chi connectivity index (χ3n) is 2.40. The zero-order valence-electron chi connectivity index (χ0n) is 10.3. The first-order valence-corrected chi connectivity index (χ1v) is 5.37. The number of aromatic nitrogens is 2. The van der Waals surface area contributed by atoms with Gasteiger partial charge in [-0.15, -0.1) is 5.10 Å². The van der Waals surface area contributed by atoms with E-state index in [9.17, 15) is 0 Å². The van der Waals surface area contributed by atoms with Crippen LogP contribution in [0.3, 0.4) is 0 Å². The van der Waals surface area contributed by atoms with Gasteiger partial charge in [-0.3, -0.25) is 0 Å². The van der Waals surface area contributed by atoms with E-state index in [1.165, 1.54) is 4.85 Å². The Bertz CT molecular complexity index is 503. The molecule has 18 heavy (non-hydrogen) atoms. The van der Waals surface area contributed by atoms with Gasteiger partial charge >= 0.3 is 0 Å². The van der Waals surface area contributed by atoms with Gasteiger partial charge in [-0.25, -0.2) is 0 Å². The second kappa shape index (κ2) is 5.31. The zero-order chi connectivity index (χ0) is 13.0. The molecule has 0 saturated carbocycles. The molecule has 0 atom stereocenters. The number of benzene rings is 1. The molecule has 1 heterocycles. The topological polar surface area (TPSA) is 71.5 Å². The zero-order valence-corrected chi connectivity index (χ0v) is 10.3. The Labute approximate surface area is 105 Å². The van der Waals surface area contributed by atoms with Crippen molar-refractivity contribution in [2.24, 2.45) is 0 Å². The van der Waals surface area contributed by atoms with Gasteiger partial charge in [-0.2, -0.15) is 0 Å². The average Bonchev–Trinajstić information content (AvgIpc) is 2.81. The molecule has 0 unspecified atom stereocenters. The molecule has 0 fully saturated rings. The first-order chi connectivity index (χ1) is 8.72. The van der Waals surface area contributed by atoms with Gasteiger partial charge < -0.3 is 20.0 Å². The van der Waals surface area contributed by atoms with Crippen LogP contribution < -0.4 is 20.0 Å². The van der Waals surface area contributed by atoms with Crippen molar-refractivity contribution in [3.63, 3.8) is 0 Å². The van der Waals surface area contributed by atoms with Crippen LogP contribution in [0.2, 0.25) is 0 Å². The Kier molecular flexibility index (Phi) is 3.57. The molecule has 2 rings (SSSR count). The van der Waals surface area contributed by atoms with Crippen LogP contribution in [0.5, 0.6) is 11.5 Å². The van der Waals surface area contributed by atoms with Crippen LogP contribution in [0.25, 0.3) is 0 Å². The van der Waals surface area contributed by atoms with Crippen LogP contribution >= 0.6 is 0 Å². The smallest absolute Gasteiger partial charge is 0.163 e. The van der Waals surface area contributed by atoms with Crippen LogP contribution in [-0.2, 0) is 6.61 Å². The Hall–Kier alpha value is -2.37. The summed E-state index contributed by atoms with van der Waals surface area (Å²) in [4.78, 5) is 6.70. The minimum Gasteiger partial charge on any atom is -0.497 e. The van der Waals surface area contributed by atoms with E-state index in [2.05, 4.69) is 5.10 Å². The third-order valence-corrected chi connectivity index (χ3v) is 2.40. The number of methoxy groups -OCH3 is 2. The van der Waals surface area contributed by atoms with Crippen molar-refractivity contribution in [1.82, 2.24) is 9.94 Å². The Morgan fingerprint density at radius 3 is 2.33 bits per heavy atom.